The molecule has 0 radical (unpaired) electrons. The number of aromatic nitrogens is 2. The van der Waals surface area contributed by atoms with E-state index < -0.39 is 10.0 Å². The number of benzene rings is 1. The number of aryl methyl sites for hydroxylation is 1. The van der Waals surface area contributed by atoms with Crippen molar-refractivity contribution in [2.75, 3.05) is 31.1 Å². The third kappa shape index (κ3) is 3.36. The average Bonchev–Trinajstić information content (AvgIpc) is 3.05. The second-order valence-electron chi connectivity index (χ2n) is 5.40. The lowest BCUT2D eigenvalue weighted by Gasteiger charge is -2.35. The fraction of sp³-hybridized carbons (Fsp3) is 0.400. The average molecular weight is 355 g/mol. The fourth-order valence-electron chi connectivity index (χ4n) is 2.66. The van der Waals surface area contributed by atoms with Gasteiger partial charge in [-0.1, -0.05) is 17.7 Å². The van der Waals surface area contributed by atoms with Crippen LogP contribution in [-0.2, 0) is 16.6 Å². The third-order valence-electron chi connectivity index (χ3n) is 3.98. The largest absolute Gasteiger partial charge is 0.369 e. The lowest BCUT2D eigenvalue weighted by Crippen LogP contribution is -2.48. The highest BCUT2D eigenvalue weighted by Gasteiger charge is 2.29. The van der Waals surface area contributed by atoms with E-state index in [1.165, 1.54) is 10.5 Å². The molecular formula is C15H19ClN4O2S. The van der Waals surface area contributed by atoms with E-state index >= 15 is 0 Å². The van der Waals surface area contributed by atoms with E-state index in [0.717, 1.165) is 5.69 Å². The van der Waals surface area contributed by atoms with E-state index in [9.17, 15) is 8.42 Å². The molecule has 0 amide bonds. The molecule has 0 atom stereocenters. The molecule has 1 aromatic heterocycles. The number of rotatable bonds is 4. The topological polar surface area (TPSA) is 58.4 Å². The maximum Gasteiger partial charge on any atom is 0.246 e. The zero-order valence-corrected chi connectivity index (χ0v) is 14.5. The molecule has 3 rings (SSSR count). The number of nitrogens with zero attached hydrogens (tertiary/aromatic N) is 4. The van der Waals surface area contributed by atoms with Crippen molar-refractivity contribution >= 4 is 27.3 Å². The van der Waals surface area contributed by atoms with Gasteiger partial charge in [-0.25, -0.2) is 8.42 Å². The number of hydrogen-bond acceptors (Lipinski definition) is 4. The summed E-state index contributed by atoms with van der Waals surface area (Å²) in [5, 5.41) is 4.74. The SMILES string of the molecule is CCn1cc(S(=O)(=O)N2CCN(c3cccc(Cl)c3)CC2)cn1. The highest BCUT2D eigenvalue weighted by Crippen LogP contribution is 2.23. The summed E-state index contributed by atoms with van der Waals surface area (Å²) in [5.41, 5.74) is 1.02. The van der Waals surface area contributed by atoms with Crippen LogP contribution < -0.4 is 4.90 Å². The van der Waals surface area contributed by atoms with Crippen molar-refractivity contribution in [3.63, 3.8) is 0 Å². The first-order valence-electron chi connectivity index (χ1n) is 7.54. The van der Waals surface area contributed by atoms with Crippen LogP contribution in [0, 0.1) is 0 Å². The minimum absolute atomic E-state index is 0.260. The molecule has 0 saturated carbocycles. The minimum Gasteiger partial charge on any atom is -0.369 e. The molecule has 8 heteroatoms. The molecule has 0 spiro atoms. The summed E-state index contributed by atoms with van der Waals surface area (Å²) < 4.78 is 28.4. The van der Waals surface area contributed by atoms with E-state index in [2.05, 4.69) is 10.00 Å². The van der Waals surface area contributed by atoms with Crippen molar-refractivity contribution in [1.29, 1.82) is 0 Å². The van der Waals surface area contributed by atoms with Crippen LogP contribution >= 0.6 is 11.6 Å². The van der Waals surface area contributed by atoms with Gasteiger partial charge in [0, 0.05) is 49.6 Å². The van der Waals surface area contributed by atoms with Crippen molar-refractivity contribution in [3.05, 3.63) is 41.7 Å². The van der Waals surface area contributed by atoms with Crippen molar-refractivity contribution in [2.24, 2.45) is 0 Å². The van der Waals surface area contributed by atoms with Crippen LogP contribution in [0.3, 0.4) is 0 Å². The van der Waals surface area contributed by atoms with Crippen molar-refractivity contribution in [2.45, 2.75) is 18.4 Å². The van der Waals surface area contributed by atoms with Gasteiger partial charge in [0.05, 0.1) is 6.20 Å². The van der Waals surface area contributed by atoms with Crippen LogP contribution in [0.5, 0.6) is 0 Å². The van der Waals surface area contributed by atoms with Crippen LogP contribution in [-0.4, -0.2) is 48.7 Å². The van der Waals surface area contributed by atoms with E-state index in [1.807, 2.05) is 31.2 Å². The first-order chi connectivity index (χ1) is 11.0. The maximum absolute atomic E-state index is 12.6. The summed E-state index contributed by atoms with van der Waals surface area (Å²) in [5.74, 6) is 0. The van der Waals surface area contributed by atoms with Gasteiger partial charge in [-0.2, -0.15) is 9.40 Å². The fourth-order valence-corrected chi connectivity index (χ4v) is 4.22. The molecule has 1 aliphatic rings. The Labute approximate surface area is 141 Å². The Morgan fingerprint density at radius 3 is 2.57 bits per heavy atom. The van der Waals surface area contributed by atoms with Crippen LogP contribution in [0.1, 0.15) is 6.92 Å². The van der Waals surface area contributed by atoms with Gasteiger partial charge in [-0.15, -0.1) is 0 Å². The molecule has 1 saturated heterocycles. The first-order valence-corrected chi connectivity index (χ1v) is 9.35. The molecule has 0 bridgehead atoms. The number of piperazine rings is 1. The van der Waals surface area contributed by atoms with Gasteiger partial charge in [0.25, 0.3) is 0 Å². The Balaban J connectivity index is 1.71. The zero-order valence-electron chi connectivity index (χ0n) is 12.9. The lowest BCUT2D eigenvalue weighted by molar-refractivity contribution is 0.385. The number of sulfonamides is 1. The van der Waals surface area contributed by atoms with E-state index in [4.69, 9.17) is 11.6 Å². The molecule has 0 unspecified atom stereocenters. The minimum atomic E-state index is -3.47. The zero-order chi connectivity index (χ0) is 16.4. The van der Waals surface area contributed by atoms with Gasteiger partial charge in [-0.05, 0) is 25.1 Å². The smallest absolute Gasteiger partial charge is 0.246 e. The summed E-state index contributed by atoms with van der Waals surface area (Å²) in [6.07, 6.45) is 3.00. The second-order valence-corrected chi connectivity index (χ2v) is 7.78. The molecule has 1 aliphatic heterocycles. The number of hydrogen-bond donors (Lipinski definition) is 0. The van der Waals surface area contributed by atoms with Crippen molar-refractivity contribution in [3.8, 4) is 0 Å². The molecule has 23 heavy (non-hydrogen) atoms. The summed E-state index contributed by atoms with van der Waals surface area (Å²) in [4.78, 5) is 2.41. The molecule has 0 N–H and O–H groups in total. The van der Waals surface area contributed by atoms with Crippen molar-refractivity contribution in [1.82, 2.24) is 14.1 Å². The molecular weight excluding hydrogens is 336 g/mol. The standard InChI is InChI=1S/C15H19ClN4O2S/c1-2-19-12-15(11-17-19)23(21,22)20-8-6-18(7-9-20)14-5-3-4-13(16)10-14/h3-5,10-12H,2,6-9H2,1H3. The summed E-state index contributed by atoms with van der Waals surface area (Å²) in [7, 11) is -3.47. The molecule has 1 fully saturated rings. The van der Waals surface area contributed by atoms with Gasteiger partial charge < -0.3 is 4.90 Å². The summed E-state index contributed by atoms with van der Waals surface area (Å²) in [6, 6.07) is 7.62. The predicted octanol–water partition coefficient (Wildman–Crippen LogP) is 2.07. The Bertz CT molecular complexity index is 782. The van der Waals surface area contributed by atoms with Gasteiger partial charge in [-0.3, -0.25) is 4.68 Å². The molecule has 2 heterocycles. The summed E-state index contributed by atoms with van der Waals surface area (Å²) in [6.45, 7) is 4.76. The molecule has 6 nitrogen and oxygen atoms in total. The van der Waals surface area contributed by atoms with Gasteiger partial charge in [0.15, 0.2) is 0 Å². The maximum atomic E-state index is 12.6. The Morgan fingerprint density at radius 1 is 1.22 bits per heavy atom. The van der Waals surface area contributed by atoms with Gasteiger partial charge in [0.2, 0.25) is 10.0 Å². The normalized spacial score (nSPS) is 16.7. The Hall–Kier alpha value is -1.57. The van der Waals surface area contributed by atoms with Crippen LogP contribution in [0.25, 0.3) is 0 Å². The van der Waals surface area contributed by atoms with Crippen LogP contribution in [0.2, 0.25) is 5.02 Å². The number of halogens is 1. The van der Waals surface area contributed by atoms with Gasteiger partial charge in [0.1, 0.15) is 4.90 Å². The lowest BCUT2D eigenvalue weighted by atomic mass is 10.2. The van der Waals surface area contributed by atoms with E-state index in [-0.39, 0.29) is 4.90 Å². The molecule has 0 aliphatic carbocycles. The molecule has 124 valence electrons. The quantitative estimate of drug-likeness (QED) is 0.843. The molecule has 2 aromatic rings. The van der Waals surface area contributed by atoms with E-state index in [0.29, 0.717) is 37.7 Å². The molecule has 1 aromatic carbocycles. The van der Waals surface area contributed by atoms with Crippen molar-refractivity contribution < 1.29 is 8.42 Å². The van der Waals surface area contributed by atoms with E-state index in [1.54, 1.807) is 10.9 Å². The van der Waals surface area contributed by atoms with Gasteiger partial charge >= 0.3 is 0 Å². The predicted molar refractivity (Wildman–Crippen MR) is 90.3 cm³/mol. The third-order valence-corrected chi connectivity index (χ3v) is 6.07. The Morgan fingerprint density at radius 2 is 1.96 bits per heavy atom. The summed E-state index contributed by atoms with van der Waals surface area (Å²) >= 11 is 6.02. The second kappa shape index (κ2) is 6.51. The van der Waals surface area contributed by atoms with Crippen LogP contribution in [0.15, 0.2) is 41.6 Å². The highest BCUT2D eigenvalue weighted by atomic mass is 35.5. The Kier molecular flexibility index (Phi) is 4.61. The first kappa shape index (κ1) is 16.3. The highest BCUT2D eigenvalue weighted by molar-refractivity contribution is 7.89. The monoisotopic (exact) mass is 354 g/mol. The van der Waals surface area contributed by atoms with Crippen LogP contribution in [0.4, 0.5) is 5.69 Å². The number of anilines is 1.